The maximum Gasteiger partial charge on any atom is 0.308 e. The third-order valence-corrected chi connectivity index (χ3v) is 5.23. The lowest BCUT2D eigenvalue weighted by atomic mass is 9.88. The van der Waals surface area contributed by atoms with Crippen LogP contribution in [-0.2, 0) is 24.2 Å². The third-order valence-electron chi connectivity index (χ3n) is 5.23. The molecule has 0 bridgehead atoms. The van der Waals surface area contributed by atoms with Crippen molar-refractivity contribution in [3.8, 4) is 0 Å². The van der Waals surface area contributed by atoms with Crippen molar-refractivity contribution in [1.82, 2.24) is 4.90 Å². The van der Waals surface area contributed by atoms with Gasteiger partial charge in [0.1, 0.15) is 0 Å². The third kappa shape index (κ3) is 3.13. The summed E-state index contributed by atoms with van der Waals surface area (Å²) in [5.41, 5.74) is 4.37. The lowest BCUT2D eigenvalue weighted by Gasteiger charge is -2.37. The molecule has 3 rings (SSSR count). The summed E-state index contributed by atoms with van der Waals surface area (Å²) >= 11 is 0. The van der Waals surface area contributed by atoms with Gasteiger partial charge in [-0.25, -0.2) is 0 Å². The van der Waals surface area contributed by atoms with Gasteiger partial charge in [0.05, 0.1) is 5.92 Å². The number of rotatable bonds is 3. The number of hydrogen-bond donors (Lipinski definition) is 1. The Morgan fingerprint density at radius 1 is 1.24 bits per heavy atom. The lowest BCUT2D eigenvalue weighted by molar-refractivity contribution is -0.145. The minimum absolute atomic E-state index is 0.132. The van der Waals surface area contributed by atoms with Crippen LogP contribution in [-0.4, -0.2) is 28.6 Å². The zero-order valence-corrected chi connectivity index (χ0v) is 12.8. The molecule has 0 radical (unpaired) electrons. The Kier molecular flexibility index (Phi) is 4.29. The van der Waals surface area contributed by atoms with Crippen LogP contribution in [0.4, 0.5) is 0 Å². The van der Waals surface area contributed by atoms with E-state index in [1.807, 2.05) is 0 Å². The summed E-state index contributed by atoms with van der Waals surface area (Å²) < 4.78 is 0. The van der Waals surface area contributed by atoms with Crippen LogP contribution in [0.3, 0.4) is 0 Å². The number of carbonyl (C=O) groups is 1. The van der Waals surface area contributed by atoms with Crippen LogP contribution in [0.25, 0.3) is 0 Å². The van der Waals surface area contributed by atoms with E-state index in [0.717, 1.165) is 25.9 Å². The Bertz CT molecular complexity index is 526. The average Bonchev–Trinajstić information content (AvgIpc) is 2.49. The molecular weight excluding hydrogens is 262 g/mol. The fourth-order valence-electron chi connectivity index (χ4n) is 3.89. The van der Waals surface area contributed by atoms with Crippen LogP contribution in [0.2, 0.25) is 0 Å². The van der Waals surface area contributed by atoms with Crippen molar-refractivity contribution < 1.29 is 9.90 Å². The van der Waals surface area contributed by atoms with Gasteiger partial charge in [0.2, 0.25) is 0 Å². The van der Waals surface area contributed by atoms with Gasteiger partial charge in [-0.15, -0.1) is 0 Å². The first-order valence-electron chi connectivity index (χ1n) is 8.22. The molecule has 3 heteroatoms. The molecule has 3 nitrogen and oxygen atoms in total. The molecule has 1 aromatic rings. The average molecular weight is 287 g/mol. The number of carboxylic acid groups (broad SMARTS) is 1. The highest BCUT2D eigenvalue weighted by Crippen LogP contribution is 2.27. The maximum absolute atomic E-state index is 11.3. The van der Waals surface area contributed by atoms with Gasteiger partial charge in [0.25, 0.3) is 0 Å². The number of hydrogen-bond acceptors (Lipinski definition) is 2. The molecule has 0 aromatic heterocycles. The second-order valence-corrected chi connectivity index (χ2v) is 6.61. The first-order chi connectivity index (χ1) is 10.1. The molecule has 1 aliphatic carbocycles. The van der Waals surface area contributed by atoms with Gasteiger partial charge < -0.3 is 5.11 Å². The monoisotopic (exact) mass is 287 g/mol. The molecule has 21 heavy (non-hydrogen) atoms. The van der Waals surface area contributed by atoms with Gasteiger partial charge in [-0.2, -0.15) is 0 Å². The predicted molar refractivity (Wildman–Crippen MR) is 83.3 cm³/mol. The highest BCUT2D eigenvalue weighted by atomic mass is 16.4. The van der Waals surface area contributed by atoms with Gasteiger partial charge in [0, 0.05) is 12.6 Å². The van der Waals surface area contributed by atoms with Crippen molar-refractivity contribution in [3.63, 3.8) is 0 Å². The number of likely N-dealkylation sites (tertiary alicyclic amines) is 1. The van der Waals surface area contributed by atoms with Gasteiger partial charge in [-0.05, 0) is 68.7 Å². The minimum atomic E-state index is -0.641. The molecule has 1 aromatic carbocycles. The number of carboxylic acids is 1. The molecule has 1 heterocycles. The summed E-state index contributed by atoms with van der Waals surface area (Å²) in [5.74, 6) is -0.853. The normalized spacial score (nSPS) is 26.3. The zero-order chi connectivity index (χ0) is 14.8. The SMILES string of the molecule is C[C@@H]1[C@H](C(=O)O)CCCN1Cc1ccc2c(c1)CCCC2. The summed E-state index contributed by atoms with van der Waals surface area (Å²) in [4.78, 5) is 13.7. The van der Waals surface area contributed by atoms with E-state index in [0.29, 0.717) is 0 Å². The number of piperidine rings is 1. The summed E-state index contributed by atoms with van der Waals surface area (Å²) in [7, 11) is 0. The second kappa shape index (κ2) is 6.18. The van der Waals surface area contributed by atoms with Crippen LogP contribution < -0.4 is 0 Å². The zero-order valence-electron chi connectivity index (χ0n) is 12.8. The molecule has 0 unspecified atom stereocenters. The van der Waals surface area contributed by atoms with Crippen LogP contribution >= 0.6 is 0 Å². The van der Waals surface area contributed by atoms with Gasteiger partial charge in [-0.1, -0.05) is 18.2 Å². The maximum atomic E-state index is 11.3. The summed E-state index contributed by atoms with van der Waals surface area (Å²) in [6.45, 7) is 3.97. The molecule has 2 aliphatic rings. The predicted octanol–water partition coefficient (Wildman–Crippen LogP) is 3.25. The molecule has 114 valence electrons. The highest BCUT2D eigenvalue weighted by molar-refractivity contribution is 5.71. The Morgan fingerprint density at radius 2 is 2.00 bits per heavy atom. The second-order valence-electron chi connectivity index (χ2n) is 6.61. The molecule has 0 spiro atoms. The van der Waals surface area contributed by atoms with E-state index in [9.17, 15) is 9.90 Å². The molecule has 2 atom stereocenters. The van der Waals surface area contributed by atoms with Crippen molar-refractivity contribution in [2.75, 3.05) is 6.54 Å². The number of aryl methyl sites for hydroxylation is 2. The smallest absolute Gasteiger partial charge is 0.308 e. The Morgan fingerprint density at radius 3 is 2.76 bits per heavy atom. The van der Waals surface area contributed by atoms with Crippen molar-refractivity contribution in [2.45, 2.75) is 58.0 Å². The summed E-state index contributed by atoms with van der Waals surface area (Å²) in [5, 5.41) is 9.32. The molecule has 0 amide bonds. The summed E-state index contributed by atoms with van der Waals surface area (Å²) in [6.07, 6.45) is 6.85. The Balaban J connectivity index is 1.72. The molecular formula is C18H25NO2. The van der Waals surface area contributed by atoms with E-state index < -0.39 is 5.97 Å². The molecule has 1 saturated heterocycles. The Hall–Kier alpha value is -1.35. The molecule has 1 aliphatic heterocycles. The quantitative estimate of drug-likeness (QED) is 0.927. The number of aliphatic carboxylic acids is 1. The standard InChI is InChI=1S/C18H25NO2/c1-13-17(18(20)21)7-4-10-19(13)12-14-8-9-15-5-2-3-6-16(15)11-14/h8-9,11,13,17H,2-7,10,12H2,1H3,(H,20,21)/t13-,17-/m1/s1. The number of benzene rings is 1. The minimum Gasteiger partial charge on any atom is -0.481 e. The van der Waals surface area contributed by atoms with Crippen LogP contribution in [0.15, 0.2) is 18.2 Å². The van der Waals surface area contributed by atoms with E-state index in [1.165, 1.54) is 42.4 Å². The summed E-state index contributed by atoms with van der Waals surface area (Å²) in [6, 6.07) is 7.01. The van der Waals surface area contributed by atoms with Crippen molar-refractivity contribution in [2.24, 2.45) is 5.92 Å². The van der Waals surface area contributed by atoms with Crippen molar-refractivity contribution >= 4 is 5.97 Å². The van der Waals surface area contributed by atoms with Crippen LogP contribution in [0, 0.1) is 5.92 Å². The van der Waals surface area contributed by atoms with E-state index in [4.69, 9.17) is 0 Å². The fraction of sp³-hybridized carbons (Fsp3) is 0.611. The number of nitrogens with zero attached hydrogens (tertiary/aromatic N) is 1. The van der Waals surface area contributed by atoms with Crippen molar-refractivity contribution in [3.05, 3.63) is 34.9 Å². The fourth-order valence-corrected chi connectivity index (χ4v) is 3.89. The van der Waals surface area contributed by atoms with Gasteiger partial charge in [-0.3, -0.25) is 9.69 Å². The molecule has 1 fully saturated rings. The van der Waals surface area contributed by atoms with Crippen LogP contribution in [0.5, 0.6) is 0 Å². The van der Waals surface area contributed by atoms with Gasteiger partial charge in [0.15, 0.2) is 0 Å². The van der Waals surface area contributed by atoms with Crippen LogP contribution in [0.1, 0.15) is 49.3 Å². The largest absolute Gasteiger partial charge is 0.481 e. The first kappa shape index (κ1) is 14.6. The number of fused-ring (bicyclic) bond motifs is 1. The molecule has 1 N–H and O–H groups in total. The Labute approximate surface area is 127 Å². The first-order valence-corrected chi connectivity index (χ1v) is 8.22. The molecule has 0 saturated carbocycles. The topological polar surface area (TPSA) is 40.5 Å². The lowest BCUT2D eigenvalue weighted by Crippen LogP contribution is -2.45. The highest BCUT2D eigenvalue weighted by Gasteiger charge is 2.32. The van der Waals surface area contributed by atoms with Gasteiger partial charge >= 0.3 is 5.97 Å². The van der Waals surface area contributed by atoms with E-state index >= 15 is 0 Å². The van der Waals surface area contributed by atoms with Crippen molar-refractivity contribution in [1.29, 1.82) is 0 Å². The van der Waals surface area contributed by atoms with E-state index in [2.05, 4.69) is 30.0 Å². The van der Waals surface area contributed by atoms with E-state index in [-0.39, 0.29) is 12.0 Å². The van der Waals surface area contributed by atoms with E-state index in [1.54, 1.807) is 0 Å².